The molecule has 20 heavy (non-hydrogen) atoms. The summed E-state index contributed by atoms with van der Waals surface area (Å²) in [6, 6.07) is 0.259. The third kappa shape index (κ3) is 5.43. The number of rotatable bonds is 7. The van der Waals surface area contributed by atoms with Crippen LogP contribution in [0.2, 0.25) is 5.15 Å². The van der Waals surface area contributed by atoms with Gasteiger partial charge in [0.15, 0.2) is 0 Å². The fraction of sp³-hybridized carbons (Fsp3) is 0.800. The van der Waals surface area contributed by atoms with E-state index in [-0.39, 0.29) is 11.6 Å². The third-order valence-corrected chi connectivity index (χ3v) is 3.59. The van der Waals surface area contributed by atoms with Crippen molar-refractivity contribution in [1.82, 2.24) is 15.1 Å². The molecular weight excluding hydrogens is 274 g/mol. The maximum Gasteiger partial charge on any atom is 0.130 e. The first-order valence-corrected chi connectivity index (χ1v) is 7.67. The highest BCUT2D eigenvalue weighted by Crippen LogP contribution is 2.21. The summed E-state index contributed by atoms with van der Waals surface area (Å²) < 4.78 is 7.64. The van der Waals surface area contributed by atoms with Crippen LogP contribution >= 0.6 is 11.6 Å². The number of ether oxygens (including phenoxy) is 1. The molecule has 1 rings (SSSR count). The van der Waals surface area contributed by atoms with Gasteiger partial charge in [0.2, 0.25) is 0 Å². The highest BCUT2D eigenvalue weighted by atomic mass is 35.5. The Kier molecular flexibility index (Phi) is 6.49. The Bertz CT molecular complexity index is 423. The zero-order valence-corrected chi connectivity index (χ0v) is 14.3. The van der Waals surface area contributed by atoms with Crippen molar-refractivity contribution in [2.24, 2.45) is 7.05 Å². The van der Waals surface area contributed by atoms with Crippen molar-refractivity contribution in [3.05, 3.63) is 16.4 Å². The van der Waals surface area contributed by atoms with Crippen LogP contribution in [0.25, 0.3) is 0 Å². The largest absolute Gasteiger partial charge is 0.374 e. The second-order valence-corrected chi connectivity index (χ2v) is 6.61. The van der Waals surface area contributed by atoms with Gasteiger partial charge in [-0.15, -0.1) is 0 Å². The fourth-order valence-electron chi connectivity index (χ4n) is 2.04. The van der Waals surface area contributed by atoms with Gasteiger partial charge in [0.05, 0.1) is 17.9 Å². The van der Waals surface area contributed by atoms with Crippen LogP contribution in [0.5, 0.6) is 0 Å². The second kappa shape index (κ2) is 7.43. The van der Waals surface area contributed by atoms with E-state index in [0.29, 0.717) is 6.61 Å². The molecule has 1 atom stereocenters. The summed E-state index contributed by atoms with van der Waals surface area (Å²) in [5.74, 6) is 0. The lowest BCUT2D eigenvalue weighted by atomic mass is 10.1. The normalized spacial score (nSPS) is 13.8. The Hall–Kier alpha value is -0.580. The number of nitrogens with one attached hydrogen (secondary N) is 1. The lowest BCUT2D eigenvalue weighted by Gasteiger charge is -2.25. The molecule has 1 aromatic heterocycles. The van der Waals surface area contributed by atoms with Gasteiger partial charge in [-0.2, -0.15) is 5.10 Å². The van der Waals surface area contributed by atoms with E-state index in [1.165, 1.54) is 0 Å². The smallest absolute Gasteiger partial charge is 0.130 e. The Morgan fingerprint density at radius 2 is 2.05 bits per heavy atom. The van der Waals surface area contributed by atoms with Gasteiger partial charge in [-0.05, 0) is 47.1 Å². The molecule has 0 fully saturated rings. The lowest BCUT2D eigenvalue weighted by molar-refractivity contribution is -0.0143. The zero-order valence-electron chi connectivity index (χ0n) is 13.6. The number of hydrogen-bond acceptors (Lipinski definition) is 3. The summed E-state index contributed by atoms with van der Waals surface area (Å²) in [5, 5.41) is 8.63. The molecule has 0 saturated carbocycles. The van der Waals surface area contributed by atoms with Gasteiger partial charge in [0.25, 0.3) is 0 Å². The molecule has 0 aromatic carbocycles. The molecule has 0 bridgehead atoms. The van der Waals surface area contributed by atoms with Crippen molar-refractivity contribution in [3.63, 3.8) is 0 Å². The fourth-order valence-corrected chi connectivity index (χ4v) is 2.29. The Labute approximate surface area is 127 Å². The van der Waals surface area contributed by atoms with Crippen molar-refractivity contribution in [1.29, 1.82) is 0 Å². The molecule has 116 valence electrons. The van der Waals surface area contributed by atoms with Crippen molar-refractivity contribution >= 4 is 11.6 Å². The van der Waals surface area contributed by atoms with E-state index in [1.54, 1.807) is 4.68 Å². The van der Waals surface area contributed by atoms with E-state index in [0.717, 1.165) is 35.8 Å². The molecule has 0 saturated heterocycles. The van der Waals surface area contributed by atoms with Gasteiger partial charge in [0, 0.05) is 18.7 Å². The van der Waals surface area contributed by atoms with Crippen LogP contribution in [0, 0.1) is 6.92 Å². The van der Waals surface area contributed by atoms with Crippen molar-refractivity contribution in [2.75, 3.05) is 13.2 Å². The summed E-state index contributed by atoms with van der Waals surface area (Å²) >= 11 is 6.31. The molecule has 1 N–H and O–H groups in total. The highest BCUT2D eigenvalue weighted by molar-refractivity contribution is 6.30. The third-order valence-electron chi connectivity index (χ3n) is 3.12. The van der Waals surface area contributed by atoms with E-state index in [2.05, 4.69) is 38.1 Å². The van der Waals surface area contributed by atoms with Gasteiger partial charge in [0.1, 0.15) is 5.15 Å². The van der Waals surface area contributed by atoms with Crippen LogP contribution in [0.15, 0.2) is 0 Å². The van der Waals surface area contributed by atoms with Gasteiger partial charge >= 0.3 is 0 Å². The van der Waals surface area contributed by atoms with E-state index in [4.69, 9.17) is 16.3 Å². The van der Waals surface area contributed by atoms with E-state index in [1.807, 2.05) is 14.0 Å². The maximum absolute atomic E-state index is 6.31. The standard InChI is InChI=1S/C15H28ClN3O/c1-7-8-17-12(10-20-15(3,4)5)9-13-11(2)18-19(6)14(13)16/h12,17H,7-10H2,1-6H3. The predicted octanol–water partition coefficient (Wildman–Crippen LogP) is 3.11. The Balaban J connectivity index is 2.73. The SMILES string of the molecule is CCCNC(COC(C)(C)C)Cc1c(C)nn(C)c1Cl. The molecule has 0 aliphatic rings. The molecular formula is C15H28ClN3O. The number of aromatic nitrogens is 2. The molecule has 0 amide bonds. The minimum Gasteiger partial charge on any atom is -0.374 e. The molecule has 0 aliphatic heterocycles. The van der Waals surface area contributed by atoms with Crippen LogP contribution in [0.4, 0.5) is 0 Å². The second-order valence-electron chi connectivity index (χ2n) is 6.26. The quantitative estimate of drug-likeness (QED) is 0.841. The molecule has 5 heteroatoms. The van der Waals surface area contributed by atoms with E-state index >= 15 is 0 Å². The van der Waals surface area contributed by atoms with Crippen LogP contribution in [0.1, 0.15) is 45.4 Å². The van der Waals surface area contributed by atoms with Gasteiger partial charge in [-0.3, -0.25) is 4.68 Å². The number of nitrogens with zero attached hydrogens (tertiary/aromatic N) is 2. The van der Waals surface area contributed by atoms with Gasteiger partial charge in [-0.1, -0.05) is 18.5 Å². The summed E-state index contributed by atoms with van der Waals surface area (Å²) in [7, 11) is 1.87. The topological polar surface area (TPSA) is 39.1 Å². The maximum atomic E-state index is 6.31. The first-order valence-electron chi connectivity index (χ1n) is 7.30. The van der Waals surface area contributed by atoms with E-state index in [9.17, 15) is 0 Å². The molecule has 0 aliphatic carbocycles. The minimum atomic E-state index is -0.125. The van der Waals surface area contributed by atoms with Gasteiger partial charge in [-0.25, -0.2) is 0 Å². The summed E-state index contributed by atoms with van der Waals surface area (Å²) in [6.45, 7) is 12.0. The minimum absolute atomic E-state index is 0.125. The van der Waals surface area contributed by atoms with Crippen LogP contribution in [-0.4, -0.2) is 34.6 Å². The van der Waals surface area contributed by atoms with Gasteiger partial charge < -0.3 is 10.1 Å². The molecule has 1 aromatic rings. The molecule has 4 nitrogen and oxygen atoms in total. The molecule has 0 radical (unpaired) electrons. The number of hydrogen-bond donors (Lipinski definition) is 1. The summed E-state index contributed by atoms with van der Waals surface area (Å²) in [6.07, 6.45) is 1.94. The number of aryl methyl sites for hydroxylation is 2. The highest BCUT2D eigenvalue weighted by Gasteiger charge is 2.19. The van der Waals surface area contributed by atoms with Crippen LogP contribution in [0.3, 0.4) is 0 Å². The molecule has 0 spiro atoms. The monoisotopic (exact) mass is 301 g/mol. The predicted molar refractivity (Wildman–Crippen MR) is 84.4 cm³/mol. The Morgan fingerprint density at radius 1 is 1.40 bits per heavy atom. The molecule has 1 unspecified atom stereocenters. The number of halogens is 1. The lowest BCUT2D eigenvalue weighted by Crippen LogP contribution is -2.38. The average Bonchev–Trinajstić information content (AvgIpc) is 2.57. The van der Waals surface area contributed by atoms with E-state index < -0.39 is 0 Å². The Morgan fingerprint density at radius 3 is 2.50 bits per heavy atom. The summed E-state index contributed by atoms with van der Waals surface area (Å²) in [4.78, 5) is 0. The molecule has 1 heterocycles. The first-order chi connectivity index (χ1) is 9.24. The summed E-state index contributed by atoms with van der Waals surface area (Å²) in [5.41, 5.74) is 1.98. The van der Waals surface area contributed by atoms with Crippen LogP contribution < -0.4 is 5.32 Å². The van der Waals surface area contributed by atoms with Crippen molar-refractivity contribution in [3.8, 4) is 0 Å². The average molecular weight is 302 g/mol. The van der Waals surface area contributed by atoms with Crippen molar-refractivity contribution in [2.45, 2.75) is 59.1 Å². The first kappa shape index (κ1) is 17.5. The zero-order chi connectivity index (χ0) is 15.3. The van der Waals surface area contributed by atoms with Crippen molar-refractivity contribution < 1.29 is 4.74 Å². The van der Waals surface area contributed by atoms with Crippen LogP contribution in [-0.2, 0) is 18.2 Å².